The van der Waals surface area contributed by atoms with Gasteiger partial charge in [0.15, 0.2) is 0 Å². The van der Waals surface area contributed by atoms with E-state index in [0.29, 0.717) is 93.8 Å². The van der Waals surface area contributed by atoms with E-state index in [-0.39, 0.29) is 39.3 Å². The van der Waals surface area contributed by atoms with Crippen molar-refractivity contribution >= 4 is 78.7 Å². The number of fused-ring (bicyclic) bond motifs is 4. The van der Waals surface area contributed by atoms with Crippen LogP contribution >= 0.6 is 0 Å². The highest BCUT2D eigenvalue weighted by Crippen LogP contribution is 2.36. The molecular weight excluding hydrogens is 907 g/mol. The van der Waals surface area contributed by atoms with Crippen LogP contribution in [-0.4, -0.2) is 132 Å². The number of nitrogens with zero attached hydrogens (tertiary/aromatic N) is 4. The second-order valence-corrected chi connectivity index (χ2v) is 15.6. The second kappa shape index (κ2) is 23.0. The standard InChI is InChI=1S/C46H48F6N8O8/c47-45(48,49)67-29-13-15-37-33(23-29)43(31-9-1-3-11-35(31)57-37)55-19-7-5-17-53-39(61)25-59(27-41(63)64)21-22-60(28-42(65)66)26-40(62)54-18-6-8-20-56-44-32-10-2-4-12-36(32)58-38-16-14-30(24-34(38)44)68-46(50,51)52/h1-4,9-16,23-24H,5-8,17-22,25-28H2,(H,53,61)(H,54,62)(H,55,57)(H,56,58)(H,63,64)(H,65,66). The van der Waals surface area contributed by atoms with Gasteiger partial charge in [-0.2, -0.15) is 0 Å². The molecule has 6 aromatic rings. The first-order valence-electron chi connectivity index (χ1n) is 21.5. The summed E-state index contributed by atoms with van der Waals surface area (Å²) in [4.78, 5) is 60.8. The minimum absolute atomic E-state index is 0.0539. The number of halogens is 6. The molecule has 0 aliphatic carbocycles. The molecule has 2 amide bonds. The number of anilines is 2. The highest BCUT2D eigenvalue weighted by Gasteiger charge is 2.32. The van der Waals surface area contributed by atoms with Crippen LogP contribution in [-0.2, 0) is 19.2 Å². The van der Waals surface area contributed by atoms with Crippen LogP contribution in [0.3, 0.4) is 0 Å². The van der Waals surface area contributed by atoms with Gasteiger partial charge in [-0.1, -0.05) is 36.4 Å². The molecular formula is C46H48F6N8O8. The van der Waals surface area contributed by atoms with E-state index in [4.69, 9.17) is 0 Å². The lowest BCUT2D eigenvalue weighted by Crippen LogP contribution is -2.46. The van der Waals surface area contributed by atoms with Crippen molar-refractivity contribution in [3.63, 3.8) is 0 Å². The number of nitrogens with one attached hydrogen (secondary N) is 4. The van der Waals surface area contributed by atoms with Gasteiger partial charge in [-0.15, -0.1) is 26.3 Å². The van der Waals surface area contributed by atoms with Crippen LogP contribution in [0.25, 0.3) is 43.6 Å². The van der Waals surface area contributed by atoms with Gasteiger partial charge in [-0.3, -0.25) is 29.0 Å². The van der Waals surface area contributed by atoms with E-state index in [1.807, 2.05) is 0 Å². The number of rotatable bonds is 25. The van der Waals surface area contributed by atoms with Crippen LogP contribution in [0.1, 0.15) is 25.7 Å². The molecule has 0 fully saturated rings. The molecule has 0 radical (unpaired) electrons. The number of hydrogen-bond acceptors (Lipinski definition) is 12. The Bertz CT molecular complexity index is 2560. The van der Waals surface area contributed by atoms with E-state index in [1.54, 1.807) is 48.5 Å². The number of carboxylic acid groups (broad SMARTS) is 2. The Balaban J connectivity index is 0.936. The van der Waals surface area contributed by atoms with E-state index in [2.05, 4.69) is 40.7 Å². The maximum Gasteiger partial charge on any atom is 0.573 e. The Kier molecular flexibility index (Phi) is 17.0. The molecule has 2 heterocycles. The van der Waals surface area contributed by atoms with Crippen LogP contribution < -0.4 is 30.7 Å². The molecule has 0 atom stereocenters. The zero-order valence-electron chi connectivity index (χ0n) is 36.4. The highest BCUT2D eigenvalue weighted by atomic mass is 19.4. The van der Waals surface area contributed by atoms with Gasteiger partial charge in [0.2, 0.25) is 11.8 Å². The normalized spacial score (nSPS) is 11.9. The Morgan fingerprint density at radius 1 is 0.500 bits per heavy atom. The minimum Gasteiger partial charge on any atom is -0.480 e. The molecule has 0 unspecified atom stereocenters. The SMILES string of the molecule is O=C(O)CN(CCN(CC(=O)O)CC(=O)NCCCCNc1c2ccccc2nc2ccc(OC(F)(F)F)cc12)CC(=O)NCCCCNc1c2ccccc2nc2ccc(OC(F)(F)F)cc12. The van der Waals surface area contributed by atoms with Crippen LogP contribution in [0, 0.1) is 0 Å². The predicted molar refractivity (Wildman–Crippen MR) is 241 cm³/mol. The minimum atomic E-state index is -4.87. The Labute approximate surface area is 384 Å². The Morgan fingerprint density at radius 3 is 1.25 bits per heavy atom. The van der Waals surface area contributed by atoms with Crippen LogP contribution in [0.5, 0.6) is 11.5 Å². The molecule has 68 heavy (non-hydrogen) atoms. The zero-order valence-corrected chi connectivity index (χ0v) is 36.4. The number of carbonyl (C=O) groups is 4. The number of alkyl halides is 6. The number of amides is 2. The molecule has 4 aromatic carbocycles. The monoisotopic (exact) mass is 954 g/mol. The molecule has 16 nitrogen and oxygen atoms in total. The van der Waals surface area contributed by atoms with Crippen molar-refractivity contribution in [3.05, 3.63) is 84.9 Å². The first-order chi connectivity index (χ1) is 32.4. The third kappa shape index (κ3) is 15.2. The molecule has 0 bridgehead atoms. The molecule has 2 aromatic heterocycles. The van der Waals surface area contributed by atoms with Gasteiger partial charge in [-0.05, 0) is 74.2 Å². The van der Waals surface area contributed by atoms with Gasteiger partial charge >= 0.3 is 24.7 Å². The van der Waals surface area contributed by atoms with Crippen molar-refractivity contribution in [2.75, 3.05) is 76.1 Å². The summed E-state index contributed by atoms with van der Waals surface area (Å²) in [5.41, 5.74) is 3.34. The molecule has 362 valence electrons. The van der Waals surface area contributed by atoms with Crippen LogP contribution in [0.15, 0.2) is 84.9 Å². The molecule has 0 saturated heterocycles. The largest absolute Gasteiger partial charge is 0.573 e. The first-order valence-corrected chi connectivity index (χ1v) is 21.5. The van der Waals surface area contributed by atoms with Crippen molar-refractivity contribution in [1.82, 2.24) is 30.4 Å². The van der Waals surface area contributed by atoms with Crippen molar-refractivity contribution in [1.29, 1.82) is 0 Å². The summed E-state index contributed by atoms with van der Waals surface area (Å²) in [6.45, 7) is -0.595. The van der Waals surface area contributed by atoms with Crippen molar-refractivity contribution < 1.29 is 65.2 Å². The third-order valence-corrected chi connectivity index (χ3v) is 10.4. The second-order valence-electron chi connectivity index (χ2n) is 15.6. The lowest BCUT2D eigenvalue weighted by Gasteiger charge is -2.25. The fourth-order valence-electron chi connectivity index (χ4n) is 7.51. The average molecular weight is 955 g/mol. The first kappa shape index (κ1) is 50.2. The molecule has 0 saturated carbocycles. The maximum absolute atomic E-state index is 13.0. The summed E-state index contributed by atoms with van der Waals surface area (Å²) in [6, 6.07) is 22.1. The summed E-state index contributed by atoms with van der Waals surface area (Å²) >= 11 is 0. The molecule has 0 spiro atoms. The molecule has 6 N–H and O–H groups in total. The van der Waals surface area contributed by atoms with E-state index in [1.165, 1.54) is 46.2 Å². The molecule has 6 rings (SSSR count). The molecule has 0 aliphatic heterocycles. The lowest BCUT2D eigenvalue weighted by molar-refractivity contribution is -0.275. The van der Waals surface area contributed by atoms with Gasteiger partial charge in [0.05, 0.1) is 59.6 Å². The number of aliphatic carboxylic acids is 2. The van der Waals surface area contributed by atoms with Crippen molar-refractivity contribution in [2.24, 2.45) is 0 Å². The average Bonchev–Trinajstić information content (AvgIpc) is 3.25. The summed E-state index contributed by atoms with van der Waals surface area (Å²) in [5.74, 6) is -4.19. The molecule has 0 aliphatic rings. The molecule has 22 heteroatoms. The van der Waals surface area contributed by atoms with Crippen molar-refractivity contribution in [2.45, 2.75) is 38.4 Å². The number of aromatic nitrogens is 2. The van der Waals surface area contributed by atoms with Gasteiger partial charge in [-0.25, -0.2) is 9.97 Å². The van der Waals surface area contributed by atoms with Crippen molar-refractivity contribution in [3.8, 4) is 11.5 Å². The van der Waals surface area contributed by atoms with Gasteiger partial charge in [0.25, 0.3) is 0 Å². The van der Waals surface area contributed by atoms with Crippen LogP contribution in [0.4, 0.5) is 37.7 Å². The quantitative estimate of drug-likeness (QED) is 0.0195. The number of para-hydroxylation sites is 2. The van der Waals surface area contributed by atoms with E-state index in [0.717, 1.165) is 0 Å². The summed E-state index contributed by atoms with van der Waals surface area (Å²) < 4.78 is 86.0. The Hall–Kier alpha value is -7.20. The van der Waals surface area contributed by atoms with E-state index in [9.17, 15) is 55.7 Å². The number of pyridine rings is 2. The number of carbonyl (C=O) groups excluding carboxylic acids is 2. The van der Waals surface area contributed by atoms with Gasteiger partial charge in [0.1, 0.15) is 11.5 Å². The summed E-state index contributed by atoms with van der Waals surface area (Å²) in [5, 5.41) is 33.3. The lowest BCUT2D eigenvalue weighted by atomic mass is 10.1. The number of carboxylic acids is 2. The van der Waals surface area contributed by atoms with Gasteiger partial charge < -0.3 is 41.0 Å². The predicted octanol–water partition coefficient (Wildman–Crippen LogP) is 6.98. The number of hydrogen-bond donors (Lipinski definition) is 6. The third-order valence-electron chi connectivity index (χ3n) is 10.4. The van der Waals surface area contributed by atoms with E-state index < -0.39 is 61.1 Å². The number of unbranched alkanes of at least 4 members (excludes halogenated alkanes) is 2. The number of benzene rings is 4. The van der Waals surface area contributed by atoms with Gasteiger partial charge in [0, 0.05) is 60.8 Å². The number of ether oxygens (including phenoxy) is 2. The maximum atomic E-state index is 13.0. The summed E-state index contributed by atoms with van der Waals surface area (Å²) in [6.07, 6.45) is -7.70. The van der Waals surface area contributed by atoms with E-state index >= 15 is 0 Å². The Morgan fingerprint density at radius 2 is 0.868 bits per heavy atom. The smallest absolute Gasteiger partial charge is 0.480 e. The zero-order chi connectivity index (χ0) is 48.8. The summed E-state index contributed by atoms with van der Waals surface area (Å²) in [7, 11) is 0. The highest BCUT2D eigenvalue weighted by molar-refractivity contribution is 6.09. The fraction of sp³-hybridized carbons (Fsp3) is 0.348. The van der Waals surface area contributed by atoms with Crippen LogP contribution in [0.2, 0.25) is 0 Å². The topological polar surface area (TPSA) is 208 Å². The fourth-order valence-corrected chi connectivity index (χ4v) is 7.51.